The summed E-state index contributed by atoms with van der Waals surface area (Å²) in [5, 5.41) is 9.76. The van der Waals surface area contributed by atoms with Crippen molar-refractivity contribution >= 4 is 10.1 Å². The van der Waals surface area contributed by atoms with E-state index >= 15 is 0 Å². The van der Waals surface area contributed by atoms with Crippen molar-refractivity contribution in [1.29, 1.82) is 0 Å². The Morgan fingerprint density at radius 2 is 1.74 bits per heavy atom. The van der Waals surface area contributed by atoms with Crippen LogP contribution in [0.2, 0.25) is 0 Å². The smallest absolute Gasteiger partial charge is 0.746 e. The Morgan fingerprint density at radius 1 is 1.21 bits per heavy atom. The van der Waals surface area contributed by atoms with Crippen LogP contribution in [0.3, 0.4) is 0 Å². The van der Waals surface area contributed by atoms with Crippen molar-refractivity contribution < 1.29 is 47.6 Å². The average Bonchev–Trinajstić information content (AvgIpc) is 2.32. The molecule has 100 valence electrons. The van der Waals surface area contributed by atoms with E-state index in [-0.39, 0.29) is 42.4 Å². The van der Waals surface area contributed by atoms with Crippen molar-refractivity contribution in [2.45, 2.75) is 24.3 Å². The predicted molar refractivity (Wildman–Crippen MR) is 65.6 cm³/mol. The molecule has 0 amide bonds. The molecular weight excluding hydrogens is 277 g/mol. The first-order valence-electron chi connectivity index (χ1n) is 5.85. The van der Waals surface area contributed by atoms with Gasteiger partial charge in [0.25, 0.3) is 0 Å². The molecule has 0 bridgehead atoms. The van der Waals surface area contributed by atoms with Gasteiger partial charge in [0.15, 0.2) is 4.93 Å². The zero-order valence-corrected chi connectivity index (χ0v) is 13.8. The molecular formula is C12H16NNaO4S. The minimum absolute atomic E-state index is 0. The fourth-order valence-electron chi connectivity index (χ4n) is 2.15. The fourth-order valence-corrected chi connectivity index (χ4v) is 2.83. The molecule has 0 saturated carbocycles. The second-order valence-electron chi connectivity index (χ2n) is 4.66. The fraction of sp³-hybridized carbons (Fsp3) is 0.500. The van der Waals surface area contributed by atoms with Gasteiger partial charge in [-0.25, -0.2) is 8.42 Å². The van der Waals surface area contributed by atoms with E-state index in [4.69, 9.17) is 0 Å². The van der Waals surface area contributed by atoms with Crippen LogP contribution >= 0.6 is 0 Å². The maximum Gasteiger partial charge on any atom is 1.00 e. The van der Waals surface area contributed by atoms with Crippen LogP contribution < -0.4 is 29.6 Å². The van der Waals surface area contributed by atoms with Gasteiger partial charge in [-0.2, -0.15) is 0 Å². The second-order valence-corrected chi connectivity index (χ2v) is 6.33. The molecule has 0 radical (unpaired) electrons. The molecule has 1 aliphatic heterocycles. The van der Waals surface area contributed by atoms with E-state index in [1.54, 1.807) is 0 Å². The first-order valence-corrected chi connectivity index (χ1v) is 7.26. The number of hydrogen-bond acceptors (Lipinski definition) is 5. The summed E-state index contributed by atoms with van der Waals surface area (Å²) < 4.78 is 32.8. The summed E-state index contributed by atoms with van der Waals surface area (Å²) in [7, 11) is -4.64. The molecule has 0 aromatic heterocycles. The Kier molecular flexibility index (Phi) is 6.00. The Labute approximate surface area is 135 Å². The Hall–Kier alpha value is 0.0500. The normalized spacial score (nSPS) is 19.7. The molecule has 0 unspecified atom stereocenters. The minimum Gasteiger partial charge on any atom is -0.746 e. The summed E-state index contributed by atoms with van der Waals surface area (Å²) >= 11 is 0. The van der Waals surface area contributed by atoms with Crippen molar-refractivity contribution in [3.8, 4) is 0 Å². The van der Waals surface area contributed by atoms with Crippen LogP contribution in [-0.2, 0) is 16.7 Å². The van der Waals surface area contributed by atoms with E-state index in [1.807, 2.05) is 35.2 Å². The van der Waals surface area contributed by atoms with Crippen LogP contribution in [0, 0.1) is 0 Å². The monoisotopic (exact) mass is 293 g/mol. The standard InChI is InChI=1S/C12H17NO4S.Na/c14-12(18(15,16)17)6-8-13(9-7-12)10-11-4-2-1-3-5-11;/h1-5,14H,6-10H2,(H,15,16,17);/q;+1/p-1. The summed E-state index contributed by atoms with van der Waals surface area (Å²) in [5.74, 6) is 0. The van der Waals surface area contributed by atoms with Crippen LogP contribution in [0.5, 0.6) is 0 Å². The van der Waals surface area contributed by atoms with Gasteiger partial charge < -0.3 is 9.66 Å². The molecule has 7 heteroatoms. The van der Waals surface area contributed by atoms with Crippen LogP contribution in [-0.4, -0.2) is 41.0 Å². The van der Waals surface area contributed by atoms with Crippen molar-refractivity contribution in [2.24, 2.45) is 0 Å². The summed E-state index contributed by atoms with van der Waals surface area (Å²) in [6, 6.07) is 9.80. The number of likely N-dealkylation sites (tertiary alicyclic amines) is 1. The Bertz CT molecular complexity index is 498. The summed E-state index contributed by atoms with van der Waals surface area (Å²) in [6.45, 7) is 1.52. The third-order valence-electron chi connectivity index (χ3n) is 3.35. The average molecular weight is 293 g/mol. The van der Waals surface area contributed by atoms with E-state index in [0.717, 1.165) is 5.56 Å². The molecule has 1 aromatic carbocycles. The van der Waals surface area contributed by atoms with Crippen LogP contribution in [0.15, 0.2) is 30.3 Å². The molecule has 5 nitrogen and oxygen atoms in total. The third kappa shape index (κ3) is 4.26. The van der Waals surface area contributed by atoms with Crippen LogP contribution in [0.25, 0.3) is 0 Å². The molecule has 0 atom stereocenters. The molecule has 1 N–H and O–H groups in total. The van der Waals surface area contributed by atoms with Crippen LogP contribution in [0.1, 0.15) is 18.4 Å². The quantitative estimate of drug-likeness (QED) is 0.493. The molecule has 2 rings (SSSR count). The van der Waals surface area contributed by atoms with Crippen molar-refractivity contribution in [1.82, 2.24) is 4.90 Å². The van der Waals surface area contributed by atoms with Gasteiger partial charge in [-0.05, 0) is 5.56 Å². The number of piperidine rings is 1. The zero-order chi connectivity index (χ0) is 13.2. The largest absolute Gasteiger partial charge is 1.00 e. The van der Waals surface area contributed by atoms with Crippen molar-refractivity contribution in [3.63, 3.8) is 0 Å². The summed E-state index contributed by atoms with van der Waals surface area (Å²) in [5.41, 5.74) is 1.13. The molecule has 1 aliphatic rings. The van der Waals surface area contributed by atoms with Gasteiger partial charge in [0.05, 0.1) is 0 Å². The number of benzene rings is 1. The van der Waals surface area contributed by atoms with Gasteiger partial charge in [0.2, 0.25) is 0 Å². The zero-order valence-electron chi connectivity index (χ0n) is 10.9. The third-order valence-corrected chi connectivity index (χ3v) is 4.69. The molecule has 1 fully saturated rings. The van der Waals surface area contributed by atoms with E-state index < -0.39 is 15.1 Å². The molecule has 19 heavy (non-hydrogen) atoms. The molecule has 1 saturated heterocycles. The number of rotatable bonds is 3. The van der Waals surface area contributed by atoms with E-state index in [0.29, 0.717) is 19.6 Å². The molecule has 0 spiro atoms. The predicted octanol–water partition coefficient (Wildman–Crippen LogP) is -2.48. The SMILES string of the molecule is O=S(=O)([O-])C1(O)CCN(Cc2ccccc2)CC1.[Na+]. The second kappa shape index (κ2) is 6.67. The number of hydrogen-bond donors (Lipinski definition) is 1. The maximum absolute atomic E-state index is 10.9. The van der Waals surface area contributed by atoms with Gasteiger partial charge in [-0.15, -0.1) is 0 Å². The van der Waals surface area contributed by atoms with Gasteiger partial charge in [0, 0.05) is 32.5 Å². The van der Waals surface area contributed by atoms with Crippen molar-refractivity contribution in [2.75, 3.05) is 13.1 Å². The number of nitrogens with zero attached hydrogens (tertiary/aromatic N) is 1. The topological polar surface area (TPSA) is 80.7 Å². The Balaban J connectivity index is 0.00000180. The maximum atomic E-state index is 10.9. The number of aliphatic hydroxyl groups is 1. The van der Waals surface area contributed by atoms with Gasteiger partial charge in [-0.3, -0.25) is 4.90 Å². The van der Waals surface area contributed by atoms with Crippen LogP contribution in [0.4, 0.5) is 0 Å². The summed E-state index contributed by atoms with van der Waals surface area (Å²) in [4.78, 5) is -0.0465. The van der Waals surface area contributed by atoms with Crippen molar-refractivity contribution in [3.05, 3.63) is 35.9 Å². The van der Waals surface area contributed by atoms with E-state index in [2.05, 4.69) is 0 Å². The van der Waals surface area contributed by atoms with E-state index in [9.17, 15) is 18.1 Å². The van der Waals surface area contributed by atoms with Gasteiger partial charge in [-0.1, -0.05) is 30.3 Å². The molecule has 1 aromatic rings. The Morgan fingerprint density at radius 3 is 2.21 bits per heavy atom. The van der Waals surface area contributed by atoms with E-state index in [1.165, 1.54) is 0 Å². The minimum atomic E-state index is -4.64. The summed E-state index contributed by atoms with van der Waals surface area (Å²) in [6.07, 6.45) is -0.0443. The van der Waals surface area contributed by atoms with Gasteiger partial charge in [0.1, 0.15) is 10.1 Å². The first-order chi connectivity index (χ1) is 8.41. The first kappa shape index (κ1) is 17.1. The molecule has 1 heterocycles. The molecule has 0 aliphatic carbocycles. The van der Waals surface area contributed by atoms with Gasteiger partial charge >= 0.3 is 29.6 Å².